The molecule has 0 aromatic carbocycles. The fourth-order valence-corrected chi connectivity index (χ4v) is 2.95. The Balaban J connectivity index is 1.69. The van der Waals surface area contributed by atoms with E-state index in [0.29, 0.717) is 12.5 Å². The van der Waals surface area contributed by atoms with Gasteiger partial charge >= 0.3 is 0 Å². The Kier molecular flexibility index (Phi) is 5.36. The standard InChI is InChI=1S/C12H23ClN2O/c13-4-9-16-10-8-14-5-2-7-15-6-1-3-12(15)11-14/h12H,1-11H2. The quantitative estimate of drug-likeness (QED) is 0.539. The van der Waals surface area contributed by atoms with Crippen LogP contribution in [-0.4, -0.2) is 67.7 Å². The molecule has 2 saturated heterocycles. The van der Waals surface area contributed by atoms with Gasteiger partial charge in [-0.15, -0.1) is 11.6 Å². The molecule has 2 heterocycles. The number of hydrogen-bond donors (Lipinski definition) is 0. The summed E-state index contributed by atoms with van der Waals surface area (Å²) < 4.78 is 5.45. The van der Waals surface area contributed by atoms with Crippen LogP contribution in [0, 0.1) is 0 Å². The van der Waals surface area contributed by atoms with Crippen LogP contribution in [0.5, 0.6) is 0 Å². The van der Waals surface area contributed by atoms with E-state index in [4.69, 9.17) is 16.3 Å². The molecule has 0 radical (unpaired) electrons. The zero-order chi connectivity index (χ0) is 11.2. The number of alkyl halides is 1. The van der Waals surface area contributed by atoms with Gasteiger partial charge in [0.25, 0.3) is 0 Å². The van der Waals surface area contributed by atoms with Gasteiger partial charge in [0.1, 0.15) is 0 Å². The maximum atomic E-state index is 5.58. The molecule has 0 aliphatic carbocycles. The minimum atomic E-state index is 0.608. The molecule has 0 saturated carbocycles. The summed E-state index contributed by atoms with van der Waals surface area (Å²) in [6.45, 7) is 7.68. The van der Waals surface area contributed by atoms with Gasteiger partial charge in [-0.2, -0.15) is 0 Å². The number of nitrogens with zero attached hydrogens (tertiary/aromatic N) is 2. The third kappa shape index (κ3) is 3.59. The Labute approximate surface area is 104 Å². The van der Waals surface area contributed by atoms with E-state index in [0.717, 1.165) is 19.2 Å². The van der Waals surface area contributed by atoms with Crippen molar-refractivity contribution in [2.24, 2.45) is 0 Å². The lowest BCUT2D eigenvalue weighted by Gasteiger charge is -2.25. The Morgan fingerprint density at radius 1 is 1.12 bits per heavy atom. The predicted octanol–water partition coefficient (Wildman–Crippen LogP) is 1.41. The predicted molar refractivity (Wildman–Crippen MR) is 67.2 cm³/mol. The van der Waals surface area contributed by atoms with E-state index in [-0.39, 0.29) is 0 Å². The normalized spacial score (nSPS) is 27.9. The van der Waals surface area contributed by atoms with Gasteiger partial charge in [-0.1, -0.05) is 0 Å². The molecular formula is C12H23ClN2O. The number of rotatable bonds is 5. The van der Waals surface area contributed by atoms with Crippen molar-refractivity contribution in [3.8, 4) is 0 Å². The zero-order valence-corrected chi connectivity index (χ0v) is 10.8. The lowest BCUT2D eigenvalue weighted by Crippen LogP contribution is -2.38. The molecule has 0 spiro atoms. The van der Waals surface area contributed by atoms with Crippen LogP contribution in [0.15, 0.2) is 0 Å². The zero-order valence-electron chi connectivity index (χ0n) is 10.0. The van der Waals surface area contributed by atoms with Gasteiger partial charge in [-0.05, 0) is 38.9 Å². The molecule has 2 aliphatic heterocycles. The second-order valence-corrected chi connectivity index (χ2v) is 5.17. The van der Waals surface area contributed by atoms with Crippen LogP contribution in [0.3, 0.4) is 0 Å². The van der Waals surface area contributed by atoms with Crippen LogP contribution in [0.25, 0.3) is 0 Å². The van der Waals surface area contributed by atoms with Gasteiger partial charge in [0.15, 0.2) is 0 Å². The topological polar surface area (TPSA) is 15.7 Å². The van der Waals surface area contributed by atoms with Crippen LogP contribution in [0.4, 0.5) is 0 Å². The summed E-state index contributed by atoms with van der Waals surface area (Å²) in [5.41, 5.74) is 0. The molecular weight excluding hydrogens is 224 g/mol. The van der Waals surface area contributed by atoms with E-state index < -0.39 is 0 Å². The van der Waals surface area contributed by atoms with E-state index in [1.165, 1.54) is 45.4 Å². The highest BCUT2D eigenvalue weighted by Gasteiger charge is 2.28. The summed E-state index contributed by atoms with van der Waals surface area (Å²) in [5, 5.41) is 0. The first-order chi connectivity index (χ1) is 7.90. The highest BCUT2D eigenvalue weighted by atomic mass is 35.5. The Bertz CT molecular complexity index is 203. The summed E-state index contributed by atoms with van der Waals surface area (Å²) in [7, 11) is 0. The van der Waals surface area contributed by atoms with Crippen LogP contribution in [0.2, 0.25) is 0 Å². The van der Waals surface area contributed by atoms with E-state index in [2.05, 4.69) is 9.80 Å². The van der Waals surface area contributed by atoms with Crippen molar-refractivity contribution in [2.45, 2.75) is 25.3 Å². The Morgan fingerprint density at radius 2 is 2.00 bits per heavy atom. The van der Waals surface area contributed by atoms with Crippen molar-refractivity contribution in [1.82, 2.24) is 9.80 Å². The minimum absolute atomic E-state index is 0.608. The lowest BCUT2D eigenvalue weighted by atomic mass is 10.2. The molecule has 2 rings (SSSR count). The van der Waals surface area contributed by atoms with Gasteiger partial charge in [0.05, 0.1) is 13.2 Å². The van der Waals surface area contributed by atoms with Crippen molar-refractivity contribution in [1.29, 1.82) is 0 Å². The van der Waals surface area contributed by atoms with Crippen LogP contribution >= 0.6 is 11.6 Å². The van der Waals surface area contributed by atoms with Crippen molar-refractivity contribution < 1.29 is 4.74 Å². The number of ether oxygens (including phenoxy) is 1. The van der Waals surface area contributed by atoms with E-state index in [9.17, 15) is 0 Å². The summed E-state index contributed by atoms with van der Waals surface area (Å²) in [6.07, 6.45) is 4.09. The van der Waals surface area contributed by atoms with Crippen LogP contribution in [-0.2, 0) is 4.74 Å². The molecule has 4 heteroatoms. The fraction of sp³-hybridized carbons (Fsp3) is 1.00. The van der Waals surface area contributed by atoms with E-state index in [1.807, 2.05) is 0 Å². The molecule has 0 bridgehead atoms. The SMILES string of the molecule is ClCCOCCN1CCCN2CCCC2C1. The molecule has 2 aliphatic rings. The smallest absolute Gasteiger partial charge is 0.0602 e. The molecule has 0 N–H and O–H groups in total. The van der Waals surface area contributed by atoms with Gasteiger partial charge < -0.3 is 4.74 Å². The van der Waals surface area contributed by atoms with Crippen molar-refractivity contribution in [3.63, 3.8) is 0 Å². The first-order valence-corrected chi connectivity index (χ1v) is 7.03. The molecule has 3 nitrogen and oxygen atoms in total. The van der Waals surface area contributed by atoms with E-state index >= 15 is 0 Å². The molecule has 0 amide bonds. The average Bonchev–Trinajstić information content (AvgIpc) is 2.63. The second-order valence-electron chi connectivity index (χ2n) is 4.79. The molecule has 16 heavy (non-hydrogen) atoms. The monoisotopic (exact) mass is 246 g/mol. The molecule has 1 atom stereocenters. The molecule has 2 fully saturated rings. The fourth-order valence-electron chi connectivity index (χ4n) is 2.84. The van der Waals surface area contributed by atoms with Gasteiger partial charge in [0, 0.05) is 25.0 Å². The first-order valence-electron chi connectivity index (χ1n) is 6.50. The van der Waals surface area contributed by atoms with Crippen LogP contribution in [0.1, 0.15) is 19.3 Å². The minimum Gasteiger partial charge on any atom is -0.379 e. The summed E-state index contributed by atoms with van der Waals surface area (Å²) in [5.74, 6) is 0.608. The highest BCUT2D eigenvalue weighted by molar-refractivity contribution is 6.17. The summed E-state index contributed by atoms with van der Waals surface area (Å²) in [6, 6.07) is 0.815. The lowest BCUT2D eigenvalue weighted by molar-refractivity contribution is 0.111. The molecule has 0 aromatic heterocycles. The van der Waals surface area contributed by atoms with Gasteiger partial charge in [0.2, 0.25) is 0 Å². The molecule has 1 unspecified atom stereocenters. The first kappa shape index (κ1) is 12.6. The van der Waals surface area contributed by atoms with Gasteiger partial charge in [-0.3, -0.25) is 9.80 Å². The maximum Gasteiger partial charge on any atom is 0.0602 e. The maximum absolute atomic E-state index is 5.58. The van der Waals surface area contributed by atoms with E-state index in [1.54, 1.807) is 0 Å². The molecule has 0 aromatic rings. The van der Waals surface area contributed by atoms with Crippen molar-refractivity contribution in [3.05, 3.63) is 0 Å². The molecule has 94 valence electrons. The number of fused-ring (bicyclic) bond motifs is 1. The summed E-state index contributed by atoms with van der Waals surface area (Å²) >= 11 is 5.58. The number of halogens is 1. The second kappa shape index (κ2) is 6.80. The largest absolute Gasteiger partial charge is 0.379 e. The third-order valence-corrected chi connectivity index (χ3v) is 3.82. The average molecular weight is 247 g/mol. The van der Waals surface area contributed by atoms with Gasteiger partial charge in [-0.25, -0.2) is 0 Å². The highest BCUT2D eigenvalue weighted by Crippen LogP contribution is 2.20. The third-order valence-electron chi connectivity index (χ3n) is 3.66. The Morgan fingerprint density at radius 3 is 2.88 bits per heavy atom. The number of hydrogen-bond acceptors (Lipinski definition) is 3. The van der Waals surface area contributed by atoms with Crippen LogP contribution < -0.4 is 0 Å². The summed E-state index contributed by atoms with van der Waals surface area (Å²) in [4.78, 5) is 5.23. The van der Waals surface area contributed by atoms with Crippen molar-refractivity contribution in [2.75, 3.05) is 51.8 Å². The van der Waals surface area contributed by atoms with Crippen molar-refractivity contribution >= 4 is 11.6 Å². The Hall–Kier alpha value is 0.170.